The Morgan fingerprint density at radius 2 is 2.04 bits per heavy atom. The number of aromatic nitrogens is 1. The van der Waals surface area contributed by atoms with Gasteiger partial charge in [0.05, 0.1) is 6.61 Å². The van der Waals surface area contributed by atoms with Crippen LogP contribution in [0.1, 0.15) is 29.8 Å². The van der Waals surface area contributed by atoms with Crippen molar-refractivity contribution in [3.63, 3.8) is 0 Å². The third kappa shape index (κ3) is 4.31. The molecule has 0 unspecified atom stereocenters. The van der Waals surface area contributed by atoms with Gasteiger partial charge in [-0.15, -0.1) is 11.3 Å². The number of carbonyl (C=O) groups excluding carboxylic acids is 1. The Morgan fingerprint density at radius 1 is 1.23 bits per heavy atom. The fourth-order valence-electron chi connectivity index (χ4n) is 3.70. The third-order valence-electron chi connectivity index (χ3n) is 5.22. The molecule has 0 radical (unpaired) electrons. The zero-order chi connectivity index (χ0) is 17.8. The summed E-state index contributed by atoms with van der Waals surface area (Å²) in [5, 5.41) is 5.91. The number of nitrogens with one attached hydrogen (secondary N) is 1. The highest BCUT2D eigenvalue weighted by Crippen LogP contribution is 2.23. The zero-order valence-electron chi connectivity index (χ0n) is 14.9. The lowest BCUT2D eigenvalue weighted by atomic mass is 10.0. The summed E-state index contributed by atoms with van der Waals surface area (Å²) in [4.78, 5) is 19.5. The molecule has 3 heterocycles. The van der Waals surface area contributed by atoms with Gasteiger partial charge >= 0.3 is 0 Å². The predicted octanol–water partition coefficient (Wildman–Crippen LogP) is 3.04. The van der Waals surface area contributed by atoms with Crippen LogP contribution in [-0.4, -0.2) is 54.7 Å². The van der Waals surface area contributed by atoms with Gasteiger partial charge in [0.25, 0.3) is 5.91 Å². The number of benzene rings is 1. The van der Waals surface area contributed by atoms with Gasteiger partial charge in [0, 0.05) is 43.2 Å². The highest BCUT2D eigenvalue weighted by Gasteiger charge is 2.25. The fourth-order valence-corrected chi connectivity index (χ4v) is 4.51. The van der Waals surface area contributed by atoms with Crippen LogP contribution in [0.5, 0.6) is 0 Å². The number of ether oxygens (including phenoxy) is 1. The van der Waals surface area contributed by atoms with E-state index in [9.17, 15) is 4.79 Å². The van der Waals surface area contributed by atoms with E-state index in [-0.39, 0.29) is 11.9 Å². The minimum Gasteiger partial charge on any atom is -0.381 e. The molecular weight excluding hydrogens is 346 g/mol. The molecule has 1 amide bonds. The summed E-state index contributed by atoms with van der Waals surface area (Å²) < 4.78 is 5.47. The quantitative estimate of drug-likeness (QED) is 0.878. The highest BCUT2D eigenvalue weighted by atomic mass is 32.1. The molecule has 2 aliphatic rings. The molecule has 0 spiro atoms. The van der Waals surface area contributed by atoms with Gasteiger partial charge < -0.3 is 15.0 Å². The van der Waals surface area contributed by atoms with Crippen LogP contribution in [0.15, 0.2) is 35.7 Å². The van der Waals surface area contributed by atoms with Gasteiger partial charge in [-0.3, -0.25) is 4.79 Å². The van der Waals surface area contributed by atoms with E-state index in [0.29, 0.717) is 11.6 Å². The molecule has 26 heavy (non-hydrogen) atoms. The fraction of sp³-hybridized carbons (Fsp3) is 0.500. The summed E-state index contributed by atoms with van der Waals surface area (Å²) in [6, 6.07) is 10.2. The average molecular weight is 372 g/mol. The van der Waals surface area contributed by atoms with Crippen LogP contribution in [0, 0.1) is 5.92 Å². The van der Waals surface area contributed by atoms with Gasteiger partial charge in [-0.1, -0.05) is 30.3 Å². The van der Waals surface area contributed by atoms with Gasteiger partial charge in [0.15, 0.2) is 0 Å². The topological polar surface area (TPSA) is 54.5 Å². The molecule has 2 saturated heterocycles. The monoisotopic (exact) mass is 371 g/mol. The highest BCUT2D eigenvalue weighted by molar-refractivity contribution is 7.13. The largest absolute Gasteiger partial charge is 0.381 e. The lowest BCUT2D eigenvalue weighted by Gasteiger charge is -2.33. The van der Waals surface area contributed by atoms with Crippen LogP contribution in [0.3, 0.4) is 0 Å². The Labute approximate surface area is 158 Å². The Morgan fingerprint density at radius 3 is 2.77 bits per heavy atom. The normalized spacial score (nSPS) is 21.8. The lowest BCUT2D eigenvalue weighted by molar-refractivity contribution is 0.0899. The van der Waals surface area contributed by atoms with Crippen molar-refractivity contribution in [2.75, 3.05) is 32.8 Å². The van der Waals surface area contributed by atoms with Gasteiger partial charge in [-0.25, -0.2) is 4.98 Å². The molecule has 6 heteroatoms. The van der Waals surface area contributed by atoms with Crippen molar-refractivity contribution in [1.29, 1.82) is 0 Å². The first-order valence-corrected chi connectivity index (χ1v) is 10.3. The van der Waals surface area contributed by atoms with Gasteiger partial charge in [0.1, 0.15) is 10.7 Å². The maximum atomic E-state index is 12.5. The Kier molecular flexibility index (Phi) is 5.62. The molecule has 0 aliphatic carbocycles. The van der Waals surface area contributed by atoms with Crippen molar-refractivity contribution < 1.29 is 9.53 Å². The minimum atomic E-state index is -0.0499. The second kappa shape index (κ2) is 8.29. The number of hydrogen-bond donors (Lipinski definition) is 1. The summed E-state index contributed by atoms with van der Waals surface area (Å²) in [5.74, 6) is 0.638. The second-order valence-electron chi connectivity index (χ2n) is 7.18. The molecule has 1 N–H and O–H groups in total. The molecule has 0 saturated carbocycles. The van der Waals surface area contributed by atoms with E-state index < -0.39 is 0 Å². The summed E-state index contributed by atoms with van der Waals surface area (Å²) in [6.07, 6.45) is 3.20. The van der Waals surface area contributed by atoms with E-state index in [2.05, 4.69) is 15.2 Å². The van der Waals surface area contributed by atoms with Crippen molar-refractivity contribution in [3.05, 3.63) is 41.4 Å². The van der Waals surface area contributed by atoms with Crippen LogP contribution < -0.4 is 5.32 Å². The number of amides is 1. The van der Waals surface area contributed by atoms with E-state index in [0.717, 1.165) is 56.3 Å². The second-order valence-corrected chi connectivity index (χ2v) is 8.04. The average Bonchev–Trinajstić information content (AvgIpc) is 3.36. The molecule has 2 aromatic rings. The number of rotatable bonds is 5. The van der Waals surface area contributed by atoms with Crippen LogP contribution >= 0.6 is 11.3 Å². The first-order chi connectivity index (χ1) is 12.8. The van der Waals surface area contributed by atoms with E-state index in [1.165, 1.54) is 17.8 Å². The van der Waals surface area contributed by atoms with E-state index >= 15 is 0 Å². The standard InChI is InChI=1S/C20H25N3O2S/c24-19(18-14-26-20(22-18)16-4-2-1-3-5-16)21-17-6-9-23(10-7-17)12-15-8-11-25-13-15/h1-5,14-15,17H,6-13H2,(H,21,24)/t15-/m1/s1. The molecule has 0 bridgehead atoms. The molecule has 138 valence electrons. The summed E-state index contributed by atoms with van der Waals surface area (Å²) in [6.45, 7) is 5.05. The van der Waals surface area contributed by atoms with Crippen molar-refractivity contribution in [1.82, 2.24) is 15.2 Å². The van der Waals surface area contributed by atoms with E-state index in [1.54, 1.807) is 0 Å². The molecule has 2 aliphatic heterocycles. The molecule has 4 rings (SSSR count). The molecular formula is C20H25N3O2S. The van der Waals surface area contributed by atoms with Crippen LogP contribution in [-0.2, 0) is 4.74 Å². The van der Waals surface area contributed by atoms with Gasteiger partial charge in [0.2, 0.25) is 0 Å². The van der Waals surface area contributed by atoms with Crippen LogP contribution in [0.25, 0.3) is 10.6 Å². The van der Waals surface area contributed by atoms with Crippen molar-refractivity contribution in [2.45, 2.75) is 25.3 Å². The van der Waals surface area contributed by atoms with Crippen molar-refractivity contribution in [3.8, 4) is 10.6 Å². The summed E-state index contributed by atoms with van der Waals surface area (Å²) >= 11 is 1.52. The Bertz CT molecular complexity index is 720. The van der Waals surface area contributed by atoms with Gasteiger partial charge in [-0.2, -0.15) is 0 Å². The van der Waals surface area contributed by atoms with Crippen LogP contribution in [0.2, 0.25) is 0 Å². The van der Waals surface area contributed by atoms with E-state index in [1.807, 2.05) is 35.7 Å². The maximum Gasteiger partial charge on any atom is 0.270 e. The Hall–Kier alpha value is -1.76. The Balaban J connectivity index is 1.27. The number of carbonyl (C=O) groups is 1. The SMILES string of the molecule is O=C(NC1CCN(C[C@H]2CCOC2)CC1)c1csc(-c2ccccc2)n1. The summed E-state index contributed by atoms with van der Waals surface area (Å²) in [5.41, 5.74) is 1.58. The molecule has 5 nitrogen and oxygen atoms in total. The number of piperidine rings is 1. The maximum absolute atomic E-state index is 12.5. The zero-order valence-corrected chi connectivity index (χ0v) is 15.7. The summed E-state index contributed by atoms with van der Waals surface area (Å²) in [7, 11) is 0. The first kappa shape index (κ1) is 17.6. The van der Waals surface area contributed by atoms with Crippen molar-refractivity contribution >= 4 is 17.2 Å². The predicted molar refractivity (Wildman–Crippen MR) is 103 cm³/mol. The number of thiazole rings is 1. The number of likely N-dealkylation sites (tertiary alicyclic amines) is 1. The van der Waals surface area contributed by atoms with Crippen molar-refractivity contribution in [2.24, 2.45) is 5.92 Å². The van der Waals surface area contributed by atoms with Gasteiger partial charge in [-0.05, 0) is 25.2 Å². The van der Waals surface area contributed by atoms with E-state index in [4.69, 9.17) is 4.74 Å². The molecule has 1 atom stereocenters. The molecule has 1 aromatic carbocycles. The first-order valence-electron chi connectivity index (χ1n) is 9.40. The molecule has 2 fully saturated rings. The minimum absolute atomic E-state index is 0.0499. The molecule has 1 aromatic heterocycles. The number of nitrogens with zero attached hydrogens (tertiary/aromatic N) is 2. The third-order valence-corrected chi connectivity index (χ3v) is 6.11. The smallest absolute Gasteiger partial charge is 0.270 e. The lowest BCUT2D eigenvalue weighted by Crippen LogP contribution is -2.45. The van der Waals surface area contributed by atoms with Crippen LogP contribution in [0.4, 0.5) is 0 Å². The number of hydrogen-bond acceptors (Lipinski definition) is 5.